The number of hydrogen-bond acceptors (Lipinski definition) is 2. The van der Waals surface area contributed by atoms with E-state index >= 15 is 0 Å². The van der Waals surface area contributed by atoms with Gasteiger partial charge in [-0.05, 0) is 35.0 Å². The molecule has 2 aromatic rings. The summed E-state index contributed by atoms with van der Waals surface area (Å²) in [5.74, 6) is -1.06. The number of benzene rings is 2. The fraction of sp³-hybridized carbons (Fsp3) is 0. The van der Waals surface area contributed by atoms with E-state index in [-0.39, 0.29) is 11.3 Å². The molecule has 0 aliphatic carbocycles. The molecule has 0 aromatic heterocycles. The molecule has 0 aliphatic heterocycles. The molecule has 3 nitrogen and oxygen atoms in total. The topological polar surface area (TPSA) is 63.3 Å². The maximum absolute atomic E-state index is 10.9. The van der Waals surface area contributed by atoms with E-state index in [2.05, 4.69) is 0 Å². The van der Waals surface area contributed by atoms with Crippen molar-refractivity contribution < 1.29 is 9.90 Å². The molecular weight excluding hydrogens is 249 g/mol. The van der Waals surface area contributed by atoms with E-state index in [0.29, 0.717) is 15.4 Å². The first-order chi connectivity index (χ1) is 7.49. The predicted octanol–water partition coefficient (Wildman–Crippen LogP) is 3.43. The second-order valence-electron chi connectivity index (χ2n) is 3.36. The van der Waals surface area contributed by atoms with Crippen LogP contribution in [0.4, 0.5) is 5.69 Å². The highest BCUT2D eigenvalue weighted by atomic mass is 35.5. The van der Waals surface area contributed by atoms with Crippen molar-refractivity contribution in [1.82, 2.24) is 0 Å². The summed E-state index contributed by atoms with van der Waals surface area (Å²) in [7, 11) is 0. The lowest BCUT2D eigenvalue weighted by Gasteiger charge is -2.05. The zero-order valence-electron chi connectivity index (χ0n) is 8.00. The van der Waals surface area contributed by atoms with Crippen LogP contribution in [-0.4, -0.2) is 11.1 Å². The molecule has 2 rings (SSSR count). The number of carbonyl (C=O) groups is 1. The summed E-state index contributed by atoms with van der Waals surface area (Å²) >= 11 is 11.7. The number of aromatic carboxylic acids is 1. The summed E-state index contributed by atoms with van der Waals surface area (Å²) in [6.07, 6.45) is 0. The second-order valence-corrected chi connectivity index (χ2v) is 4.17. The molecule has 0 fully saturated rings. The number of fused-ring (bicyclic) bond motifs is 1. The van der Waals surface area contributed by atoms with Gasteiger partial charge in [0.25, 0.3) is 0 Å². The fourth-order valence-corrected chi connectivity index (χ4v) is 1.84. The van der Waals surface area contributed by atoms with Crippen molar-refractivity contribution in [1.29, 1.82) is 0 Å². The second kappa shape index (κ2) is 3.85. The minimum Gasteiger partial charge on any atom is -0.478 e. The van der Waals surface area contributed by atoms with Crippen molar-refractivity contribution in [2.75, 3.05) is 5.73 Å². The van der Waals surface area contributed by atoms with E-state index in [4.69, 9.17) is 34.0 Å². The number of anilines is 1. The van der Waals surface area contributed by atoms with Crippen molar-refractivity contribution >= 4 is 45.6 Å². The average Bonchev–Trinajstić information content (AvgIpc) is 2.19. The summed E-state index contributed by atoms with van der Waals surface area (Å²) in [6.45, 7) is 0. The molecule has 0 unspecified atom stereocenters. The Bertz CT molecular complexity index is 596. The van der Waals surface area contributed by atoms with E-state index in [1.165, 1.54) is 6.07 Å². The Morgan fingerprint density at radius 1 is 1.06 bits per heavy atom. The van der Waals surface area contributed by atoms with E-state index < -0.39 is 5.97 Å². The van der Waals surface area contributed by atoms with Gasteiger partial charge in [-0.2, -0.15) is 0 Å². The van der Waals surface area contributed by atoms with Gasteiger partial charge in [0.15, 0.2) is 0 Å². The lowest BCUT2D eigenvalue weighted by Crippen LogP contribution is -2.02. The lowest BCUT2D eigenvalue weighted by atomic mass is 10.1. The van der Waals surface area contributed by atoms with Crippen molar-refractivity contribution in [2.45, 2.75) is 0 Å². The Labute approximate surface area is 101 Å². The molecule has 0 amide bonds. The summed E-state index contributed by atoms with van der Waals surface area (Å²) in [4.78, 5) is 10.9. The van der Waals surface area contributed by atoms with Crippen molar-refractivity contribution in [3.8, 4) is 0 Å². The van der Waals surface area contributed by atoms with Crippen LogP contribution < -0.4 is 5.73 Å². The highest BCUT2D eigenvalue weighted by Crippen LogP contribution is 2.30. The molecule has 0 saturated heterocycles. The largest absolute Gasteiger partial charge is 0.478 e. The molecular formula is C11H7Cl2NO2. The number of nitrogens with two attached hydrogens (primary N) is 1. The summed E-state index contributed by atoms with van der Waals surface area (Å²) in [5, 5.41) is 11.2. The van der Waals surface area contributed by atoms with Gasteiger partial charge in [0, 0.05) is 5.69 Å². The monoisotopic (exact) mass is 255 g/mol. The van der Waals surface area contributed by atoms with Crippen LogP contribution in [0.5, 0.6) is 0 Å². The van der Waals surface area contributed by atoms with Gasteiger partial charge in [-0.25, -0.2) is 4.79 Å². The van der Waals surface area contributed by atoms with E-state index in [1.807, 2.05) is 0 Å². The summed E-state index contributed by atoms with van der Waals surface area (Å²) < 4.78 is 0. The summed E-state index contributed by atoms with van der Waals surface area (Å²) in [5.41, 5.74) is 5.89. The van der Waals surface area contributed by atoms with Gasteiger partial charge in [0.2, 0.25) is 0 Å². The maximum atomic E-state index is 10.9. The quantitative estimate of drug-likeness (QED) is 0.768. The van der Waals surface area contributed by atoms with Crippen LogP contribution in [0.15, 0.2) is 24.3 Å². The number of hydrogen-bond donors (Lipinski definition) is 2. The predicted molar refractivity (Wildman–Crippen MR) is 65.3 cm³/mol. The standard InChI is InChI=1S/C11H7Cl2NO2/c12-8-2-5-1-7(11(15)16)10(14)4-6(5)3-9(8)13/h1-4H,14H2,(H,15,16). The first-order valence-corrected chi connectivity index (χ1v) is 5.16. The van der Waals surface area contributed by atoms with Crippen LogP contribution >= 0.6 is 23.2 Å². The molecule has 0 saturated carbocycles. The highest BCUT2D eigenvalue weighted by Gasteiger charge is 2.10. The van der Waals surface area contributed by atoms with Gasteiger partial charge < -0.3 is 10.8 Å². The van der Waals surface area contributed by atoms with E-state index in [1.54, 1.807) is 18.2 Å². The number of rotatable bonds is 1. The minimum absolute atomic E-state index is 0.0610. The molecule has 5 heteroatoms. The van der Waals surface area contributed by atoms with Crippen molar-refractivity contribution in [2.24, 2.45) is 0 Å². The van der Waals surface area contributed by atoms with Crippen molar-refractivity contribution in [3.63, 3.8) is 0 Å². The first kappa shape index (κ1) is 11.0. The van der Waals surface area contributed by atoms with Crippen LogP contribution in [-0.2, 0) is 0 Å². The zero-order valence-corrected chi connectivity index (χ0v) is 9.51. The lowest BCUT2D eigenvalue weighted by molar-refractivity contribution is 0.0698. The van der Waals surface area contributed by atoms with Crippen LogP contribution in [0.25, 0.3) is 10.8 Å². The third-order valence-electron chi connectivity index (χ3n) is 2.28. The smallest absolute Gasteiger partial charge is 0.337 e. The van der Waals surface area contributed by atoms with Gasteiger partial charge in [-0.15, -0.1) is 0 Å². The highest BCUT2D eigenvalue weighted by molar-refractivity contribution is 6.42. The molecule has 0 heterocycles. The molecule has 2 aromatic carbocycles. The maximum Gasteiger partial charge on any atom is 0.337 e. The Hall–Kier alpha value is -1.45. The van der Waals surface area contributed by atoms with Gasteiger partial charge in [0.05, 0.1) is 15.6 Å². The van der Waals surface area contributed by atoms with Crippen molar-refractivity contribution in [3.05, 3.63) is 39.9 Å². The van der Waals surface area contributed by atoms with Gasteiger partial charge >= 0.3 is 5.97 Å². The Morgan fingerprint density at radius 2 is 1.56 bits per heavy atom. The normalized spacial score (nSPS) is 10.6. The molecule has 0 bridgehead atoms. The average molecular weight is 256 g/mol. The fourth-order valence-electron chi connectivity index (χ4n) is 1.50. The van der Waals surface area contributed by atoms with Crippen LogP contribution in [0, 0.1) is 0 Å². The molecule has 0 atom stereocenters. The number of carboxylic acid groups (broad SMARTS) is 1. The molecule has 16 heavy (non-hydrogen) atoms. The number of halogens is 2. The number of carboxylic acids is 1. The number of nitrogen functional groups attached to an aromatic ring is 1. The molecule has 82 valence electrons. The third kappa shape index (κ3) is 1.79. The van der Waals surface area contributed by atoms with Crippen LogP contribution in [0.1, 0.15) is 10.4 Å². The first-order valence-electron chi connectivity index (χ1n) is 4.40. The zero-order chi connectivity index (χ0) is 11.9. The Balaban J connectivity index is 2.79. The minimum atomic E-state index is -1.06. The Morgan fingerprint density at radius 3 is 2.06 bits per heavy atom. The SMILES string of the molecule is Nc1cc2cc(Cl)c(Cl)cc2cc1C(=O)O. The molecule has 0 aliphatic rings. The van der Waals surface area contributed by atoms with Gasteiger partial charge in [-0.3, -0.25) is 0 Å². The molecule has 0 radical (unpaired) electrons. The van der Waals surface area contributed by atoms with E-state index in [9.17, 15) is 4.79 Å². The Kier molecular flexibility index (Phi) is 2.66. The molecule has 0 spiro atoms. The van der Waals surface area contributed by atoms with Gasteiger partial charge in [-0.1, -0.05) is 23.2 Å². The van der Waals surface area contributed by atoms with Gasteiger partial charge in [0.1, 0.15) is 0 Å². The summed E-state index contributed by atoms with van der Waals surface area (Å²) in [6, 6.07) is 6.32. The van der Waals surface area contributed by atoms with E-state index in [0.717, 1.165) is 5.39 Å². The molecule has 3 N–H and O–H groups in total. The van der Waals surface area contributed by atoms with Crippen LogP contribution in [0.3, 0.4) is 0 Å². The third-order valence-corrected chi connectivity index (χ3v) is 3.00. The van der Waals surface area contributed by atoms with Crippen LogP contribution in [0.2, 0.25) is 10.0 Å².